The molecule has 0 unspecified atom stereocenters. The Balaban J connectivity index is 1.87. The Morgan fingerprint density at radius 1 is 1.03 bits per heavy atom. The van der Waals surface area contributed by atoms with Gasteiger partial charge in [-0.3, -0.25) is 0 Å². The van der Waals surface area contributed by atoms with Gasteiger partial charge >= 0.3 is 5.97 Å². The fraction of sp³-hybridized carbons (Fsp3) is 0.130. The molecule has 0 fully saturated rings. The van der Waals surface area contributed by atoms with Crippen LogP contribution in [0.1, 0.15) is 23.0 Å². The summed E-state index contributed by atoms with van der Waals surface area (Å²) >= 11 is 0. The SMILES string of the molecule is CCc1c(C(=O)O)nn(-c2ccc(S(C)(=O)=O)cc2)c1-c1ccc(-c2ccco2)cc1. The predicted molar refractivity (Wildman–Crippen MR) is 116 cm³/mol. The number of carboxylic acids is 1. The van der Waals surface area contributed by atoms with E-state index in [2.05, 4.69) is 5.10 Å². The molecule has 0 atom stereocenters. The largest absolute Gasteiger partial charge is 0.476 e. The molecule has 4 rings (SSSR count). The average Bonchev–Trinajstić information content (AvgIpc) is 3.41. The molecule has 0 saturated carbocycles. The van der Waals surface area contributed by atoms with Crippen molar-refractivity contribution in [2.24, 2.45) is 0 Å². The third kappa shape index (κ3) is 3.89. The van der Waals surface area contributed by atoms with E-state index in [1.807, 2.05) is 43.3 Å². The van der Waals surface area contributed by atoms with Gasteiger partial charge in [-0.1, -0.05) is 31.2 Å². The maximum Gasteiger partial charge on any atom is 0.356 e. The first-order chi connectivity index (χ1) is 14.8. The first kappa shape index (κ1) is 20.6. The highest BCUT2D eigenvalue weighted by Gasteiger charge is 2.23. The van der Waals surface area contributed by atoms with Crippen molar-refractivity contribution < 1.29 is 22.7 Å². The number of rotatable bonds is 6. The molecule has 0 bridgehead atoms. The van der Waals surface area contributed by atoms with Gasteiger partial charge in [0.25, 0.3) is 0 Å². The Morgan fingerprint density at radius 2 is 1.68 bits per heavy atom. The van der Waals surface area contributed by atoms with Crippen LogP contribution in [0.5, 0.6) is 0 Å². The van der Waals surface area contributed by atoms with Gasteiger partial charge in [-0.05, 0) is 42.8 Å². The van der Waals surface area contributed by atoms with Crippen LogP contribution < -0.4 is 0 Å². The van der Waals surface area contributed by atoms with E-state index in [1.54, 1.807) is 23.1 Å². The lowest BCUT2D eigenvalue weighted by Gasteiger charge is -2.11. The van der Waals surface area contributed by atoms with E-state index in [1.165, 1.54) is 12.1 Å². The lowest BCUT2D eigenvalue weighted by molar-refractivity contribution is 0.0689. The van der Waals surface area contributed by atoms with Crippen molar-refractivity contribution in [1.29, 1.82) is 0 Å². The highest BCUT2D eigenvalue weighted by molar-refractivity contribution is 7.90. The Morgan fingerprint density at radius 3 is 2.19 bits per heavy atom. The Hall–Kier alpha value is -3.65. The van der Waals surface area contributed by atoms with Crippen LogP contribution in [0.4, 0.5) is 0 Å². The number of hydrogen-bond donors (Lipinski definition) is 1. The van der Waals surface area contributed by atoms with Gasteiger partial charge in [0.2, 0.25) is 0 Å². The number of aromatic nitrogens is 2. The molecule has 2 aromatic carbocycles. The average molecular weight is 436 g/mol. The molecule has 0 spiro atoms. The number of carbonyl (C=O) groups is 1. The molecule has 7 nitrogen and oxygen atoms in total. The van der Waals surface area contributed by atoms with Gasteiger partial charge < -0.3 is 9.52 Å². The number of nitrogens with zero attached hydrogens (tertiary/aromatic N) is 2. The van der Waals surface area contributed by atoms with E-state index in [0.717, 1.165) is 23.1 Å². The summed E-state index contributed by atoms with van der Waals surface area (Å²) < 4.78 is 30.6. The van der Waals surface area contributed by atoms with Crippen molar-refractivity contribution in [3.05, 3.63) is 78.2 Å². The monoisotopic (exact) mass is 436 g/mol. The summed E-state index contributed by atoms with van der Waals surface area (Å²) in [7, 11) is -3.34. The van der Waals surface area contributed by atoms with E-state index >= 15 is 0 Å². The Labute approximate surface area is 179 Å². The van der Waals surface area contributed by atoms with Gasteiger partial charge in [0.05, 0.1) is 22.5 Å². The summed E-state index contributed by atoms with van der Waals surface area (Å²) in [5, 5.41) is 14.0. The van der Waals surface area contributed by atoms with Gasteiger partial charge in [-0.15, -0.1) is 0 Å². The van der Waals surface area contributed by atoms with Gasteiger partial charge in [0.15, 0.2) is 15.5 Å². The summed E-state index contributed by atoms with van der Waals surface area (Å²) in [6, 6.07) is 17.5. The van der Waals surface area contributed by atoms with Crippen LogP contribution in [-0.4, -0.2) is 35.5 Å². The molecule has 0 aliphatic carbocycles. The zero-order chi connectivity index (χ0) is 22.2. The molecular weight excluding hydrogens is 416 g/mol. The summed E-state index contributed by atoms with van der Waals surface area (Å²) in [4.78, 5) is 12.0. The molecule has 0 aliphatic heterocycles. The van der Waals surface area contributed by atoms with Gasteiger partial charge in [0, 0.05) is 22.9 Å². The maximum atomic E-state index is 11.8. The van der Waals surface area contributed by atoms with Crippen LogP contribution in [-0.2, 0) is 16.3 Å². The molecule has 0 aliphatic rings. The maximum absolute atomic E-state index is 11.8. The van der Waals surface area contributed by atoms with Crippen LogP contribution in [0.15, 0.2) is 76.2 Å². The number of hydrogen-bond acceptors (Lipinski definition) is 5. The van der Waals surface area contributed by atoms with Crippen molar-refractivity contribution in [3.63, 3.8) is 0 Å². The Kier molecular flexibility index (Phi) is 5.24. The first-order valence-electron chi connectivity index (χ1n) is 9.59. The third-order valence-electron chi connectivity index (χ3n) is 5.01. The predicted octanol–water partition coefficient (Wildman–Crippen LogP) is 4.46. The van der Waals surface area contributed by atoms with Crippen molar-refractivity contribution in [3.8, 4) is 28.3 Å². The van der Waals surface area contributed by atoms with Crippen molar-refractivity contribution in [1.82, 2.24) is 9.78 Å². The highest BCUT2D eigenvalue weighted by atomic mass is 32.2. The normalized spacial score (nSPS) is 11.5. The quantitative estimate of drug-likeness (QED) is 0.479. The van der Waals surface area contributed by atoms with E-state index < -0.39 is 15.8 Å². The number of sulfone groups is 1. The fourth-order valence-corrected chi connectivity index (χ4v) is 4.14. The molecule has 0 radical (unpaired) electrons. The second-order valence-electron chi connectivity index (χ2n) is 7.07. The molecule has 2 aromatic heterocycles. The summed E-state index contributed by atoms with van der Waals surface area (Å²) in [6.07, 6.45) is 3.21. The molecule has 31 heavy (non-hydrogen) atoms. The zero-order valence-corrected chi connectivity index (χ0v) is 17.8. The van der Waals surface area contributed by atoms with E-state index in [4.69, 9.17) is 4.42 Å². The van der Waals surface area contributed by atoms with Crippen molar-refractivity contribution >= 4 is 15.8 Å². The minimum absolute atomic E-state index is 0.0280. The standard InChI is InChI=1S/C23H20N2O5S/c1-3-19-21(23(26)27)24-25(17-10-12-18(13-11-17)31(2,28)29)22(19)16-8-6-15(7-9-16)20-5-4-14-30-20/h4-14H,3H2,1-2H3,(H,26,27). The van der Waals surface area contributed by atoms with Crippen LogP contribution in [0.3, 0.4) is 0 Å². The smallest absolute Gasteiger partial charge is 0.356 e. The Bertz CT molecular complexity index is 1330. The summed E-state index contributed by atoms with van der Waals surface area (Å²) in [6.45, 7) is 1.88. The van der Waals surface area contributed by atoms with Crippen molar-refractivity contribution in [2.75, 3.05) is 6.26 Å². The van der Waals surface area contributed by atoms with Crippen LogP contribution in [0, 0.1) is 0 Å². The second kappa shape index (κ2) is 7.88. The number of carboxylic acid groups (broad SMARTS) is 1. The summed E-state index contributed by atoms with van der Waals surface area (Å²) in [5.41, 5.74) is 3.48. The molecule has 4 aromatic rings. The number of benzene rings is 2. The van der Waals surface area contributed by atoms with Crippen molar-refractivity contribution in [2.45, 2.75) is 18.2 Å². The molecule has 158 valence electrons. The lowest BCUT2D eigenvalue weighted by Crippen LogP contribution is -2.03. The summed E-state index contributed by atoms with van der Waals surface area (Å²) in [5.74, 6) is -0.379. The van der Waals surface area contributed by atoms with Crippen LogP contribution in [0.25, 0.3) is 28.3 Å². The second-order valence-corrected chi connectivity index (χ2v) is 9.08. The highest BCUT2D eigenvalue weighted by Crippen LogP contribution is 2.32. The first-order valence-corrected chi connectivity index (χ1v) is 11.5. The van der Waals surface area contributed by atoms with E-state index in [-0.39, 0.29) is 10.6 Å². The lowest BCUT2D eigenvalue weighted by atomic mass is 10.0. The molecule has 0 saturated heterocycles. The molecule has 1 N–H and O–H groups in total. The van der Waals surface area contributed by atoms with E-state index in [0.29, 0.717) is 23.4 Å². The van der Waals surface area contributed by atoms with Gasteiger partial charge in [-0.25, -0.2) is 17.9 Å². The van der Waals surface area contributed by atoms with Gasteiger partial charge in [-0.2, -0.15) is 5.10 Å². The minimum atomic E-state index is -3.34. The van der Waals surface area contributed by atoms with Gasteiger partial charge in [0.1, 0.15) is 5.76 Å². The van der Waals surface area contributed by atoms with Crippen LogP contribution >= 0.6 is 0 Å². The third-order valence-corrected chi connectivity index (χ3v) is 6.14. The number of aromatic carboxylic acids is 1. The molecule has 0 amide bonds. The molecule has 2 heterocycles. The topological polar surface area (TPSA) is 102 Å². The number of furan rings is 1. The van der Waals surface area contributed by atoms with E-state index in [9.17, 15) is 18.3 Å². The molecule has 8 heteroatoms. The molecular formula is C23H20N2O5S. The van der Waals surface area contributed by atoms with Crippen LogP contribution in [0.2, 0.25) is 0 Å². The minimum Gasteiger partial charge on any atom is -0.476 e. The zero-order valence-electron chi connectivity index (χ0n) is 16.9. The fourth-order valence-electron chi connectivity index (χ4n) is 3.51.